The molecule has 3 aromatic rings. The van der Waals surface area contributed by atoms with E-state index in [1.165, 1.54) is 39.0 Å². The summed E-state index contributed by atoms with van der Waals surface area (Å²) in [5.74, 6) is 0.927. The average molecular weight is 391 g/mol. The second kappa shape index (κ2) is 6.84. The highest BCUT2D eigenvalue weighted by atomic mass is 14.4. The molecule has 0 heterocycles. The number of benzene rings is 3. The Morgan fingerprint density at radius 3 is 2.37 bits per heavy atom. The van der Waals surface area contributed by atoms with Crippen LogP contribution in [0, 0.1) is 5.92 Å². The Bertz CT molecular complexity index is 1190. The molecule has 0 amide bonds. The minimum atomic E-state index is 0.0115. The standard InChI is InChI=1S/C30H30/c1-6-11-19(2)20(3)26-18-21-12-7-8-13-22(21)24-16-17-25-23-14-9-10-15-27(23)30(4,5)29(25)28(24)26/h6-17,20,26H,1,18H2,2-5H3/b19-11+. The predicted molar refractivity (Wildman–Crippen MR) is 129 cm³/mol. The fourth-order valence-corrected chi connectivity index (χ4v) is 5.92. The summed E-state index contributed by atoms with van der Waals surface area (Å²) in [6.07, 6.45) is 5.21. The molecule has 2 unspecified atom stereocenters. The summed E-state index contributed by atoms with van der Waals surface area (Å²) in [4.78, 5) is 0. The van der Waals surface area contributed by atoms with Gasteiger partial charge in [-0.2, -0.15) is 0 Å². The first-order valence-electron chi connectivity index (χ1n) is 11.1. The first-order chi connectivity index (χ1) is 14.4. The van der Waals surface area contributed by atoms with Crippen molar-refractivity contribution < 1.29 is 0 Å². The molecule has 2 atom stereocenters. The second-order valence-corrected chi connectivity index (χ2v) is 9.52. The second-order valence-electron chi connectivity index (χ2n) is 9.52. The number of allylic oxidation sites excluding steroid dienone is 3. The third kappa shape index (κ3) is 2.59. The molecule has 0 aliphatic heterocycles. The van der Waals surface area contributed by atoms with Crippen molar-refractivity contribution in [1.82, 2.24) is 0 Å². The average Bonchev–Trinajstić information content (AvgIpc) is 3.00. The molecule has 2 aliphatic carbocycles. The molecule has 0 bridgehead atoms. The first-order valence-corrected chi connectivity index (χ1v) is 11.1. The molecular weight excluding hydrogens is 360 g/mol. The van der Waals surface area contributed by atoms with Gasteiger partial charge in [-0.05, 0) is 69.7 Å². The summed E-state index contributed by atoms with van der Waals surface area (Å²) in [7, 11) is 0. The van der Waals surface area contributed by atoms with Crippen molar-refractivity contribution >= 4 is 0 Å². The molecule has 0 saturated heterocycles. The van der Waals surface area contributed by atoms with Gasteiger partial charge in [0.05, 0.1) is 0 Å². The van der Waals surface area contributed by atoms with E-state index in [-0.39, 0.29) is 5.41 Å². The molecule has 0 saturated carbocycles. The molecule has 5 rings (SSSR count). The van der Waals surface area contributed by atoms with E-state index < -0.39 is 0 Å². The van der Waals surface area contributed by atoms with Gasteiger partial charge in [-0.3, -0.25) is 0 Å². The van der Waals surface area contributed by atoms with Crippen molar-refractivity contribution in [3.05, 3.63) is 107 Å². The molecule has 0 radical (unpaired) electrons. The normalized spacial score (nSPS) is 19.3. The summed E-state index contributed by atoms with van der Waals surface area (Å²) in [6, 6.07) is 22.7. The lowest BCUT2D eigenvalue weighted by Gasteiger charge is -2.37. The molecule has 0 aromatic heterocycles. The predicted octanol–water partition coefficient (Wildman–Crippen LogP) is 8.07. The quantitative estimate of drug-likeness (QED) is 0.397. The highest BCUT2D eigenvalue weighted by Crippen LogP contribution is 2.56. The Morgan fingerprint density at radius 1 is 0.933 bits per heavy atom. The van der Waals surface area contributed by atoms with E-state index >= 15 is 0 Å². The third-order valence-electron chi connectivity index (χ3n) is 7.58. The van der Waals surface area contributed by atoms with Crippen molar-refractivity contribution in [3.8, 4) is 22.3 Å². The SMILES string of the molecule is C=C/C=C(\C)C(C)C1Cc2ccccc2-c2ccc3c(c21)C(C)(C)c1ccccc1-3. The Balaban J connectivity index is 1.83. The lowest BCUT2D eigenvalue weighted by molar-refractivity contribution is 0.502. The van der Waals surface area contributed by atoms with Gasteiger partial charge in [0, 0.05) is 5.41 Å². The van der Waals surface area contributed by atoms with Crippen LogP contribution in [-0.4, -0.2) is 0 Å². The smallest absolute Gasteiger partial charge is 0.0161 e. The zero-order valence-corrected chi connectivity index (χ0v) is 18.5. The van der Waals surface area contributed by atoms with Crippen LogP contribution >= 0.6 is 0 Å². The molecule has 0 N–H and O–H groups in total. The van der Waals surface area contributed by atoms with Crippen molar-refractivity contribution in [2.45, 2.75) is 45.4 Å². The van der Waals surface area contributed by atoms with E-state index in [1.807, 2.05) is 6.08 Å². The van der Waals surface area contributed by atoms with Gasteiger partial charge in [0.25, 0.3) is 0 Å². The summed E-state index contributed by atoms with van der Waals surface area (Å²) in [5.41, 5.74) is 13.1. The van der Waals surface area contributed by atoms with Crippen LogP contribution < -0.4 is 0 Å². The zero-order valence-electron chi connectivity index (χ0n) is 18.5. The van der Waals surface area contributed by atoms with Crippen molar-refractivity contribution in [3.63, 3.8) is 0 Å². The number of hydrogen-bond donors (Lipinski definition) is 0. The van der Waals surface area contributed by atoms with Gasteiger partial charge in [0.15, 0.2) is 0 Å². The summed E-state index contributed by atoms with van der Waals surface area (Å²) < 4.78 is 0. The third-order valence-corrected chi connectivity index (χ3v) is 7.58. The van der Waals surface area contributed by atoms with Gasteiger partial charge in [-0.25, -0.2) is 0 Å². The minimum Gasteiger partial charge on any atom is -0.0991 e. The highest BCUT2D eigenvalue weighted by Gasteiger charge is 2.42. The van der Waals surface area contributed by atoms with Crippen molar-refractivity contribution in [2.24, 2.45) is 5.92 Å². The van der Waals surface area contributed by atoms with E-state index in [1.54, 1.807) is 11.1 Å². The molecule has 0 spiro atoms. The van der Waals surface area contributed by atoms with Gasteiger partial charge in [-0.1, -0.05) is 106 Å². The van der Waals surface area contributed by atoms with E-state index in [2.05, 4.69) is 101 Å². The van der Waals surface area contributed by atoms with E-state index in [4.69, 9.17) is 0 Å². The lowest BCUT2D eigenvalue weighted by Crippen LogP contribution is -2.25. The monoisotopic (exact) mass is 390 g/mol. The van der Waals surface area contributed by atoms with Crippen LogP contribution in [0.15, 0.2) is 85.0 Å². The van der Waals surface area contributed by atoms with Crippen LogP contribution in [0.2, 0.25) is 0 Å². The largest absolute Gasteiger partial charge is 0.0991 e. The Morgan fingerprint density at radius 2 is 1.60 bits per heavy atom. The fraction of sp³-hybridized carbons (Fsp3) is 0.267. The topological polar surface area (TPSA) is 0 Å². The molecule has 150 valence electrons. The highest BCUT2D eigenvalue weighted by molar-refractivity contribution is 5.88. The molecule has 3 aromatic carbocycles. The maximum absolute atomic E-state index is 3.94. The van der Waals surface area contributed by atoms with Gasteiger partial charge in [-0.15, -0.1) is 0 Å². The van der Waals surface area contributed by atoms with Crippen LogP contribution in [0.5, 0.6) is 0 Å². The number of rotatable bonds is 3. The fourth-order valence-electron chi connectivity index (χ4n) is 5.92. The summed E-state index contributed by atoms with van der Waals surface area (Å²) in [5, 5.41) is 0. The first kappa shape index (κ1) is 19.1. The number of hydrogen-bond acceptors (Lipinski definition) is 0. The Hall–Kier alpha value is -2.86. The maximum Gasteiger partial charge on any atom is 0.0161 e. The molecule has 30 heavy (non-hydrogen) atoms. The van der Waals surface area contributed by atoms with Gasteiger partial charge < -0.3 is 0 Å². The zero-order chi connectivity index (χ0) is 21.0. The molecule has 0 nitrogen and oxygen atoms in total. The van der Waals surface area contributed by atoms with Gasteiger partial charge >= 0.3 is 0 Å². The van der Waals surface area contributed by atoms with E-state index in [0.717, 1.165) is 6.42 Å². The molecule has 2 aliphatic rings. The van der Waals surface area contributed by atoms with Gasteiger partial charge in [0.2, 0.25) is 0 Å². The molecule has 0 fully saturated rings. The van der Waals surface area contributed by atoms with Crippen LogP contribution in [-0.2, 0) is 11.8 Å². The van der Waals surface area contributed by atoms with E-state index in [0.29, 0.717) is 11.8 Å². The molecule has 0 heteroatoms. The summed E-state index contributed by atoms with van der Waals surface area (Å²) >= 11 is 0. The summed E-state index contributed by atoms with van der Waals surface area (Å²) in [6.45, 7) is 13.4. The Labute approximate surface area is 181 Å². The molecular formula is C30H30. The van der Waals surface area contributed by atoms with Crippen molar-refractivity contribution in [2.75, 3.05) is 0 Å². The minimum absolute atomic E-state index is 0.0115. The lowest BCUT2D eigenvalue weighted by atomic mass is 9.66. The van der Waals surface area contributed by atoms with Crippen LogP contribution in [0.25, 0.3) is 22.3 Å². The van der Waals surface area contributed by atoms with E-state index in [9.17, 15) is 0 Å². The maximum atomic E-state index is 3.94. The van der Waals surface area contributed by atoms with Crippen LogP contribution in [0.3, 0.4) is 0 Å². The van der Waals surface area contributed by atoms with Gasteiger partial charge in [0.1, 0.15) is 0 Å². The Kier molecular flexibility index (Phi) is 4.36. The number of fused-ring (bicyclic) bond motifs is 7. The van der Waals surface area contributed by atoms with Crippen molar-refractivity contribution in [1.29, 1.82) is 0 Å². The van der Waals surface area contributed by atoms with Crippen LogP contribution in [0.1, 0.15) is 55.9 Å². The van der Waals surface area contributed by atoms with Crippen LogP contribution in [0.4, 0.5) is 0 Å².